The van der Waals surface area contributed by atoms with Crippen LogP contribution in [-0.4, -0.2) is 34.3 Å². The van der Waals surface area contributed by atoms with E-state index in [1.807, 2.05) is 6.26 Å². The van der Waals surface area contributed by atoms with E-state index in [2.05, 4.69) is 0 Å². The summed E-state index contributed by atoms with van der Waals surface area (Å²) in [6, 6.07) is -0.826. The van der Waals surface area contributed by atoms with Crippen molar-refractivity contribution in [2.45, 2.75) is 12.5 Å². The van der Waals surface area contributed by atoms with E-state index < -0.39 is 12.0 Å². The first-order valence-corrected chi connectivity index (χ1v) is 4.23. The van der Waals surface area contributed by atoms with Crippen molar-refractivity contribution in [2.75, 3.05) is 12.0 Å². The fraction of sp³-hybridized carbons (Fsp3) is 0.800. The molecule has 0 aromatic rings. The van der Waals surface area contributed by atoms with Gasteiger partial charge in [-0.1, -0.05) is 0 Å². The molecule has 3 N–H and O–H groups in total. The molecule has 0 bridgehead atoms. The summed E-state index contributed by atoms with van der Waals surface area (Å²) in [6.45, 7) is 0. The number of thioether (sulfide) groups is 1. The first-order valence-electron chi connectivity index (χ1n) is 2.83. The van der Waals surface area contributed by atoms with Crippen LogP contribution in [0.2, 0.25) is 0 Å². The van der Waals surface area contributed by atoms with Crippen molar-refractivity contribution >= 4 is 17.7 Å². The van der Waals surface area contributed by atoms with Crippen LogP contribution in [0.4, 0.5) is 0 Å². The third-order valence-electron chi connectivity index (χ3n) is 1.06. The molecule has 0 amide bonds. The van der Waals surface area contributed by atoms with E-state index in [1.165, 1.54) is 0 Å². The maximum atomic E-state index is 10.2. The van der Waals surface area contributed by atoms with Gasteiger partial charge < -0.3 is 10.3 Å². The minimum absolute atomic E-state index is 0.438. The SMILES string of the molecule is CSCCC(NO)C(=O)O. The molecule has 0 rings (SSSR count). The van der Waals surface area contributed by atoms with Crippen molar-refractivity contribution in [1.29, 1.82) is 0 Å². The summed E-state index contributed by atoms with van der Waals surface area (Å²) < 4.78 is 0. The zero-order chi connectivity index (χ0) is 7.98. The Morgan fingerprint density at radius 2 is 2.40 bits per heavy atom. The number of aliphatic carboxylic acids is 1. The van der Waals surface area contributed by atoms with Gasteiger partial charge >= 0.3 is 5.97 Å². The van der Waals surface area contributed by atoms with Crippen LogP contribution in [-0.2, 0) is 4.79 Å². The molecule has 10 heavy (non-hydrogen) atoms. The van der Waals surface area contributed by atoms with Gasteiger partial charge in [0, 0.05) is 0 Å². The summed E-state index contributed by atoms with van der Waals surface area (Å²) in [5.74, 6) is -0.290. The highest BCUT2D eigenvalue weighted by Crippen LogP contribution is 1.99. The average Bonchev–Trinajstić information content (AvgIpc) is 1.89. The molecule has 0 spiro atoms. The molecular weight excluding hydrogens is 154 g/mol. The van der Waals surface area contributed by atoms with Crippen LogP contribution in [0.15, 0.2) is 0 Å². The highest BCUT2D eigenvalue weighted by Gasteiger charge is 2.14. The van der Waals surface area contributed by atoms with Gasteiger partial charge in [0.2, 0.25) is 0 Å². The fourth-order valence-electron chi connectivity index (χ4n) is 0.479. The van der Waals surface area contributed by atoms with E-state index >= 15 is 0 Å². The largest absolute Gasteiger partial charge is 0.480 e. The Morgan fingerprint density at radius 3 is 2.70 bits per heavy atom. The summed E-state index contributed by atoms with van der Waals surface area (Å²) in [6.07, 6.45) is 2.32. The lowest BCUT2D eigenvalue weighted by molar-refractivity contribution is -0.142. The number of carbonyl (C=O) groups is 1. The number of rotatable bonds is 5. The standard InChI is InChI=1S/C5H11NO3S/c1-10-3-2-4(6-9)5(7)8/h4,6,9H,2-3H2,1H3,(H,7,8). The van der Waals surface area contributed by atoms with Crippen LogP contribution in [0.25, 0.3) is 0 Å². The molecule has 0 aliphatic heterocycles. The highest BCUT2D eigenvalue weighted by molar-refractivity contribution is 7.98. The van der Waals surface area contributed by atoms with Crippen LogP contribution >= 0.6 is 11.8 Å². The molecule has 0 heterocycles. The van der Waals surface area contributed by atoms with Gasteiger partial charge in [-0.2, -0.15) is 17.2 Å². The summed E-state index contributed by atoms with van der Waals surface area (Å²) >= 11 is 1.55. The van der Waals surface area contributed by atoms with Crippen LogP contribution < -0.4 is 5.48 Å². The van der Waals surface area contributed by atoms with Crippen molar-refractivity contribution in [3.05, 3.63) is 0 Å². The topological polar surface area (TPSA) is 69.6 Å². The van der Waals surface area contributed by atoms with Gasteiger partial charge in [-0.3, -0.25) is 4.79 Å². The average molecular weight is 165 g/mol. The van der Waals surface area contributed by atoms with E-state index in [0.29, 0.717) is 6.42 Å². The maximum absolute atomic E-state index is 10.2. The van der Waals surface area contributed by atoms with Gasteiger partial charge in [-0.05, 0) is 18.4 Å². The van der Waals surface area contributed by atoms with Crippen LogP contribution in [0.1, 0.15) is 6.42 Å². The van der Waals surface area contributed by atoms with Crippen molar-refractivity contribution < 1.29 is 15.1 Å². The normalized spacial score (nSPS) is 13.0. The highest BCUT2D eigenvalue weighted by atomic mass is 32.2. The molecule has 1 unspecified atom stereocenters. The molecule has 60 valence electrons. The second kappa shape index (κ2) is 5.52. The molecule has 0 aromatic heterocycles. The quantitative estimate of drug-likeness (QED) is 0.507. The molecular formula is C5H11NO3S. The van der Waals surface area contributed by atoms with E-state index in [-0.39, 0.29) is 0 Å². The van der Waals surface area contributed by atoms with Gasteiger partial charge in [0.15, 0.2) is 0 Å². The number of carboxylic acids is 1. The molecule has 5 heteroatoms. The molecule has 0 saturated carbocycles. The first kappa shape index (κ1) is 9.74. The lowest BCUT2D eigenvalue weighted by atomic mass is 10.2. The molecule has 0 aromatic carbocycles. The Morgan fingerprint density at radius 1 is 1.80 bits per heavy atom. The Hall–Kier alpha value is -0.260. The summed E-state index contributed by atoms with van der Waals surface area (Å²) in [5.41, 5.74) is 1.72. The first-order chi connectivity index (χ1) is 4.72. The molecule has 0 saturated heterocycles. The predicted octanol–water partition coefficient (Wildman–Crippen LogP) is 0.172. The molecule has 4 nitrogen and oxygen atoms in total. The summed E-state index contributed by atoms with van der Waals surface area (Å²) in [4.78, 5) is 10.2. The van der Waals surface area contributed by atoms with Crippen LogP contribution in [0, 0.1) is 0 Å². The fourth-order valence-corrected chi connectivity index (χ4v) is 0.950. The number of hydroxylamine groups is 1. The Labute approximate surface area is 63.6 Å². The van der Waals surface area contributed by atoms with Crippen molar-refractivity contribution in [3.8, 4) is 0 Å². The van der Waals surface area contributed by atoms with Crippen LogP contribution in [0.5, 0.6) is 0 Å². The minimum atomic E-state index is -1.02. The second-order valence-corrected chi connectivity index (χ2v) is 2.79. The lowest BCUT2D eigenvalue weighted by Gasteiger charge is -2.07. The number of hydrogen-bond donors (Lipinski definition) is 3. The lowest BCUT2D eigenvalue weighted by Crippen LogP contribution is -2.34. The Bertz CT molecular complexity index is 109. The zero-order valence-corrected chi connectivity index (χ0v) is 6.52. The molecule has 1 atom stereocenters. The second-order valence-electron chi connectivity index (χ2n) is 1.80. The van der Waals surface area contributed by atoms with Crippen molar-refractivity contribution in [1.82, 2.24) is 5.48 Å². The molecule has 0 aliphatic carbocycles. The smallest absolute Gasteiger partial charge is 0.323 e. The minimum Gasteiger partial charge on any atom is -0.480 e. The number of nitrogens with one attached hydrogen (secondary N) is 1. The third kappa shape index (κ3) is 3.71. The van der Waals surface area contributed by atoms with E-state index in [4.69, 9.17) is 10.3 Å². The van der Waals surface area contributed by atoms with Crippen molar-refractivity contribution in [3.63, 3.8) is 0 Å². The zero-order valence-electron chi connectivity index (χ0n) is 5.70. The molecule has 0 radical (unpaired) electrons. The predicted molar refractivity (Wildman–Crippen MR) is 39.3 cm³/mol. The van der Waals surface area contributed by atoms with Gasteiger partial charge in [0.05, 0.1) is 0 Å². The van der Waals surface area contributed by atoms with Crippen LogP contribution in [0.3, 0.4) is 0 Å². The molecule has 0 aliphatic rings. The molecule has 0 fully saturated rings. The summed E-state index contributed by atoms with van der Waals surface area (Å²) in [5, 5.41) is 16.7. The number of hydrogen-bond acceptors (Lipinski definition) is 4. The van der Waals surface area contributed by atoms with Crippen molar-refractivity contribution in [2.24, 2.45) is 0 Å². The Balaban J connectivity index is 3.50. The van der Waals surface area contributed by atoms with E-state index in [9.17, 15) is 4.79 Å². The monoisotopic (exact) mass is 165 g/mol. The van der Waals surface area contributed by atoms with Gasteiger partial charge in [0.1, 0.15) is 6.04 Å². The van der Waals surface area contributed by atoms with Gasteiger partial charge in [-0.25, -0.2) is 0 Å². The summed E-state index contributed by atoms with van der Waals surface area (Å²) in [7, 11) is 0. The third-order valence-corrected chi connectivity index (χ3v) is 1.71. The van der Waals surface area contributed by atoms with Gasteiger partial charge in [0.25, 0.3) is 0 Å². The Kier molecular flexibility index (Phi) is 5.38. The van der Waals surface area contributed by atoms with Gasteiger partial charge in [-0.15, -0.1) is 0 Å². The maximum Gasteiger partial charge on any atom is 0.323 e. The van der Waals surface area contributed by atoms with E-state index in [0.717, 1.165) is 5.75 Å². The van der Waals surface area contributed by atoms with E-state index in [1.54, 1.807) is 17.2 Å². The number of carboxylic acid groups (broad SMARTS) is 1.